The summed E-state index contributed by atoms with van der Waals surface area (Å²) in [6, 6.07) is 3.39. The van der Waals surface area contributed by atoms with Crippen molar-refractivity contribution in [3.8, 4) is 0 Å². The van der Waals surface area contributed by atoms with E-state index in [2.05, 4.69) is 4.72 Å². The molecule has 0 unspecified atom stereocenters. The van der Waals surface area contributed by atoms with Gasteiger partial charge in [-0.05, 0) is 44.7 Å². The molecule has 21 heavy (non-hydrogen) atoms. The summed E-state index contributed by atoms with van der Waals surface area (Å²) >= 11 is 1.29. The summed E-state index contributed by atoms with van der Waals surface area (Å²) in [6.45, 7) is 3.21. The summed E-state index contributed by atoms with van der Waals surface area (Å²) in [4.78, 5) is 14.8. The van der Waals surface area contributed by atoms with Gasteiger partial charge in [-0.1, -0.05) is 0 Å². The number of piperidine rings is 1. The number of thiophene rings is 1. The van der Waals surface area contributed by atoms with Gasteiger partial charge in [0.25, 0.3) is 0 Å². The van der Waals surface area contributed by atoms with E-state index >= 15 is 0 Å². The second-order valence-electron chi connectivity index (χ2n) is 5.86. The van der Waals surface area contributed by atoms with Gasteiger partial charge in [0, 0.05) is 29.9 Å². The summed E-state index contributed by atoms with van der Waals surface area (Å²) in [5, 5.41) is 0. The Morgan fingerprint density at radius 1 is 1.24 bits per heavy atom. The van der Waals surface area contributed by atoms with Crippen LogP contribution >= 0.6 is 11.3 Å². The molecule has 2 heterocycles. The zero-order chi connectivity index (χ0) is 15.0. The number of amides is 1. The lowest BCUT2D eigenvalue weighted by atomic mass is 10.1. The lowest BCUT2D eigenvalue weighted by molar-refractivity contribution is -0.133. The van der Waals surface area contributed by atoms with Crippen molar-refractivity contribution in [1.29, 1.82) is 0 Å². The number of sulfonamides is 1. The Kier molecular flexibility index (Phi) is 4.07. The number of carbonyl (C=O) groups excluding carboxylic acids is 1. The van der Waals surface area contributed by atoms with Crippen molar-refractivity contribution in [3.05, 3.63) is 17.0 Å². The molecule has 7 heteroatoms. The smallest absolute Gasteiger partial charge is 0.250 e. The fourth-order valence-electron chi connectivity index (χ4n) is 2.64. The van der Waals surface area contributed by atoms with Crippen LogP contribution in [0.1, 0.15) is 30.6 Å². The van der Waals surface area contributed by atoms with Crippen molar-refractivity contribution in [3.63, 3.8) is 0 Å². The second-order valence-corrected chi connectivity index (χ2v) is 9.09. The van der Waals surface area contributed by atoms with Gasteiger partial charge < -0.3 is 4.90 Å². The number of likely N-dealkylation sites (tertiary alicyclic amines) is 1. The molecule has 1 N–H and O–H groups in total. The molecule has 1 aromatic rings. The number of aryl methyl sites for hydroxylation is 1. The largest absolute Gasteiger partial charge is 0.342 e. The highest BCUT2D eigenvalue weighted by atomic mass is 32.2. The maximum absolute atomic E-state index is 12.3. The van der Waals surface area contributed by atoms with E-state index in [-0.39, 0.29) is 17.9 Å². The Bertz CT molecular complexity index is 626. The number of carbonyl (C=O) groups is 1. The Hall–Kier alpha value is -0.920. The quantitative estimate of drug-likeness (QED) is 0.915. The van der Waals surface area contributed by atoms with Crippen molar-refractivity contribution < 1.29 is 13.2 Å². The van der Waals surface area contributed by atoms with E-state index < -0.39 is 10.0 Å². The van der Waals surface area contributed by atoms with E-state index in [1.165, 1.54) is 11.3 Å². The Morgan fingerprint density at radius 3 is 2.43 bits per heavy atom. The third-order valence-electron chi connectivity index (χ3n) is 4.04. The fraction of sp³-hybridized carbons (Fsp3) is 0.643. The number of hydrogen-bond acceptors (Lipinski definition) is 4. The van der Waals surface area contributed by atoms with Crippen LogP contribution in [0.25, 0.3) is 0 Å². The van der Waals surface area contributed by atoms with E-state index in [0.29, 0.717) is 30.1 Å². The van der Waals surface area contributed by atoms with Crippen LogP contribution in [0, 0.1) is 12.8 Å². The third-order valence-corrected chi connectivity index (χ3v) is 7.05. The molecule has 1 saturated heterocycles. The van der Waals surface area contributed by atoms with E-state index in [1.807, 2.05) is 17.9 Å². The Balaban J connectivity index is 1.56. The average molecular weight is 328 g/mol. The third kappa shape index (κ3) is 3.46. The van der Waals surface area contributed by atoms with Crippen LogP contribution in [0.2, 0.25) is 0 Å². The number of nitrogens with one attached hydrogen (secondary N) is 1. The van der Waals surface area contributed by atoms with Crippen molar-refractivity contribution in [1.82, 2.24) is 9.62 Å². The average Bonchev–Trinajstić information content (AvgIpc) is 3.20. The first-order valence-corrected chi connectivity index (χ1v) is 9.63. The molecule has 1 aromatic heterocycles. The topological polar surface area (TPSA) is 66.5 Å². The summed E-state index contributed by atoms with van der Waals surface area (Å²) in [6.07, 6.45) is 3.43. The van der Waals surface area contributed by atoms with Gasteiger partial charge >= 0.3 is 0 Å². The molecule has 1 aliphatic heterocycles. The highest BCUT2D eigenvalue weighted by molar-refractivity contribution is 7.91. The van der Waals surface area contributed by atoms with Crippen LogP contribution < -0.4 is 4.72 Å². The molecule has 0 bridgehead atoms. The SMILES string of the molecule is Cc1ccc(S(=O)(=O)NC2CCN(C(=O)C3CC3)CC2)s1. The highest BCUT2D eigenvalue weighted by Gasteiger charge is 2.35. The van der Waals surface area contributed by atoms with Gasteiger partial charge in [-0.3, -0.25) is 4.79 Å². The summed E-state index contributed by atoms with van der Waals surface area (Å²) in [5.41, 5.74) is 0. The van der Waals surface area contributed by atoms with Gasteiger partial charge in [-0.25, -0.2) is 13.1 Å². The normalized spacial score (nSPS) is 20.7. The molecule has 1 amide bonds. The predicted molar refractivity (Wildman–Crippen MR) is 81.7 cm³/mol. The summed E-state index contributed by atoms with van der Waals surface area (Å²) < 4.78 is 27.7. The minimum Gasteiger partial charge on any atom is -0.342 e. The molecule has 0 atom stereocenters. The maximum Gasteiger partial charge on any atom is 0.250 e. The molecule has 2 fully saturated rings. The maximum atomic E-state index is 12.3. The molecule has 1 saturated carbocycles. The van der Waals surface area contributed by atoms with Gasteiger partial charge in [0.05, 0.1) is 0 Å². The second kappa shape index (κ2) is 5.70. The van der Waals surface area contributed by atoms with Crippen LogP contribution in [-0.2, 0) is 14.8 Å². The van der Waals surface area contributed by atoms with E-state index in [0.717, 1.165) is 17.7 Å². The number of nitrogens with zero attached hydrogens (tertiary/aromatic N) is 1. The Labute approximate surface area is 129 Å². The Morgan fingerprint density at radius 2 is 1.90 bits per heavy atom. The zero-order valence-corrected chi connectivity index (χ0v) is 13.7. The number of rotatable bonds is 4. The molecule has 3 rings (SSSR count). The summed E-state index contributed by atoms with van der Waals surface area (Å²) in [5.74, 6) is 0.498. The molecule has 116 valence electrons. The van der Waals surface area contributed by atoms with Crippen LogP contribution in [0.15, 0.2) is 16.3 Å². The van der Waals surface area contributed by atoms with Crippen LogP contribution in [-0.4, -0.2) is 38.4 Å². The minimum atomic E-state index is -3.42. The highest BCUT2D eigenvalue weighted by Crippen LogP contribution is 2.32. The van der Waals surface area contributed by atoms with Crippen molar-refractivity contribution in [2.75, 3.05) is 13.1 Å². The van der Waals surface area contributed by atoms with Crippen molar-refractivity contribution in [2.24, 2.45) is 5.92 Å². The first-order chi connectivity index (χ1) is 9.95. The van der Waals surface area contributed by atoms with Gasteiger partial charge in [-0.2, -0.15) is 0 Å². The van der Waals surface area contributed by atoms with Crippen LogP contribution in [0.5, 0.6) is 0 Å². The monoisotopic (exact) mass is 328 g/mol. The van der Waals surface area contributed by atoms with Crippen molar-refractivity contribution >= 4 is 27.3 Å². The molecule has 0 aromatic carbocycles. The minimum absolute atomic E-state index is 0.0688. The molecule has 0 spiro atoms. The van der Waals surface area contributed by atoms with Gasteiger partial charge in [-0.15, -0.1) is 11.3 Å². The van der Waals surface area contributed by atoms with Crippen molar-refractivity contribution in [2.45, 2.75) is 42.9 Å². The molecule has 5 nitrogen and oxygen atoms in total. The van der Waals surface area contributed by atoms with Gasteiger partial charge in [0.15, 0.2) is 0 Å². The lowest BCUT2D eigenvalue weighted by Crippen LogP contribution is -2.46. The first kappa shape index (κ1) is 15.0. The zero-order valence-electron chi connectivity index (χ0n) is 12.0. The lowest BCUT2D eigenvalue weighted by Gasteiger charge is -2.32. The standard InChI is InChI=1S/C14H20N2O3S2/c1-10-2-5-13(20-10)21(18,19)15-12-6-8-16(9-7-12)14(17)11-3-4-11/h2,5,11-12,15H,3-4,6-9H2,1H3. The predicted octanol–water partition coefficient (Wildman–Crippen LogP) is 1.74. The van der Waals surface area contributed by atoms with Gasteiger partial charge in [0.1, 0.15) is 4.21 Å². The van der Waals surface area contributed by atoms with E-state index in [1.54, 1.807) is 6.07 Å². The van der Waals surface area contributed by atoms with Crippen LogP contribution in [0.4, 0.5) is 0 Å². The fourth-order valence-corrected chi connectivity index (χ4v) is 5.25. The molecule has 1 aliphatic carbocycles. The number of hydrogen-bond donors (Lipinski definition) is 1. The molecular weight excluding hydrogens is 308 g/mol. The van der Waals surface area contributed by atoms with E-state index in [9.17, 15) is 13.2 Å². The van der Waals surface area contributed by atoms with Gasteiger partial charge in [0.2, 0.25) is 15.9 Å². The first-order valence-electron chi connectivity index (χ1n) is 7.33. The molecule has 2 aliphatic rings. The van der Waals surface area contributed by atoms with E-state index in [4.69, 9.17) is 0 Å². The van der Waals surface area contributed by atoms with Crippen LogP contribution in [0.3, 0.4) is 0 Å². The molecule has 0 radical (unpaired) electrons. The summed E-state index contributed by atoms with van der Waals surface area (Å²) in [7, 11) is -3.42. The molecular formula is C14H20N2O3S2.